The van der Waals surface area contributed by atoms with E-state index in [-0.39, 0.29) is 23.3 Å². The summed E-state index contributed by atoms with van der Waals surface area (Å²) in [5.41, 5.74) is 3.09. The lowest BCUT2D eigenvalue weighted by molar-refractivity contribution is -0.141. The number of carboxylic acids is 1. The summed E-state index contributed by atoms with van der Waals surface area (Å²) in [7, 11) is 0. The van der Waals surface area contributed by atoms with Crippen molar-refractivity contribution in [3.05, 3.63) is 34.9 Å². The molecular weight excluding hydrogens is 278 g/mol. The number of benzene rings is 1. The van der Waals surface area contributed by atoms with Crippen molar-refractivity contribution in [2.24, 2.45) is 5.92 Å². The average molecular weight is 301 g/mol. The van der Waals surface area contributed by atoms with Crippen molar-refractivity contribution in [1.29, 1.82) is 0 Å². The highest BCUT2D eigenvalue weighted by atomic mass is 16.4. The van der Waals surface area contributed by atoms with Gasteiger partial charge in [0, 0.05) is 6.04 Å². The molecule has 4 heteroatoms. The number of carbonyl (C=O) groups is 2. The summed E-state index contributed by atoms with van der Waals surface area (Å²) >= 11 is 0. The van der Waals surface area contributed by atoms with E-state index in [2.05, 4.69) is 37.4 Å². The number of carboxylic acid groups (broad SMARTS) is 1. The van der Waals surface area contributed by atoms with Crippen LogP contribution in [0.2, 0.25) is 0 Å². The normalized spacial score (nSPS) is 25.7. The Labute approximate surface area is 130 Å². The highest BCUT2D eigenvalue weighted by Gasteiger charge is 2.52. The SMILES string of the molecule is Cc1cc(C)cc(C2(C(=O)N[C@@H]3CC[C@H](C(=O)O)C3)CC2)c1. The van der Waals surface area contributed by atoms with Crippen LogP contribution in [0.3, 0.4) is 0 Å². The van der Waals surface area contributed by atoms with Crippen LogP contribution in [0.25, 0.3) is 0 Å². The largest absolute Gasteiger partial charge is 0.481 e. The van der Waals surface area contributed by atoms with Crippen LogP contribution >= 0.6 is 0 Å². The number of aryl methyl sites for hydroxylation is 2. The second kappa shape index (κ2) is 5.41. The van der Waals surface area contributed by atoms with Gasteiger partial charge in [0.25, 0.3) is 0 Å². The van der Waals surface area contributed by atoms with Gasteiger partial charge in [-0.3, -0.25) is 9.59 Å². The molecule has 2 aliphatic rings. The van der Waals surface area contributed by atoms with Crippen molar-refractivity contribution in [2.45, 2.75) is 57.4 Å². The van der Waals surface area contributed by atoms with Gasteiger partial charge in [-0.1, -0.05) is 29.3 Å². The molecule has 0 heterocycles. The molecule has 22 heavy (non-hydrogen) atoms. The van der Waals surface area contributed by atoms with Gasteiger partial charge in [0.15, 0.2) is 0 Å². The average Bonchev–Trinajstić information content (AvgIpc) is 3.12. The maximum Gasteiger partial charge on any atom is 0.306 e. The molecule has 3 rings (SSSR count). The molecule has 0 spiro atoms. The molecule has 1 aromatic rings. The minimum absolute atomic E-state index is 0.0111. The van der Waals surface area contributed by atoms with Crippen molar-refractivity contribution in [1.82, 2.24) is 5.32 Å². The predicted octanol–water partition coefficient (Wildman–Crippen LogP) is 2.70. The fraction of sp³-hybridized carbons (Fsp3) is 0.556. The van der Waals surface area contributed by atoms with Gasteiger partial charge >= 0.3 is 5.97 Å². The van der Waals surface area contributed by atoms with Gasteiger partial charge in [0.05, 0.1) is 11.3 Å². The van der Waals surface area contributed by atoms with E-state index in [0.717, 1.165) is 24.8 Å². The molecule has 1 amide bonds. The third kappa shape index (κ3) is 2.74. The number of nitrogens with one attached hydrogen (secondary N) is 1. The molecule has 2 N–H and O–H groups in total. The number of hydrogen-bond acceptors (Lipinski definition) is 2. The molecular formula is C18H23NO3. The number of hydrogen-bond donors (Lipinski definition) is 2. The smallest absolute Gasteiger partial charge is 0.306 e. The van der Waals surface area contributed by atoms with Crippen LogP contribution in [0.15, 0.2) is 18.2 Å². The Morgan fingerprint density at radius 2 is 1.77 bits per heavy atom. The summed E-state index contributed by atoms with van der Waals surface area (Å²) in [5.74, 6) is -0.970. The summed E-state index contributed by atoms with van der Waals surface area (Å²) in [5, 5.41) is 12.2. The standard InChI is InChI=1S/C18H23NO3/c1-11-7-12(2)9-14(8-11)18(5-6-18)17(22)19-15-4-3-13(10-15)16(20)21/h7-9,13,15H,3-6,10H2,1-2H3,(H,19,22)(H,20,21)/t13-,15+/m0/s1. The molecule has 0 aromatic heterocycles. The summed E-state index contributed by atoms with van der Waals surface area (Å²) < 4.78 is 0. The first-order valence-electron chi connectivity index (χ1n) is 8.03. The molecule has 0 radical (unpaired) electrons. The minimum Gasteiger partial charge on any atom is -0.481 e. The molecule has 2 aliphatic carbocycles. The third-order valence-corrected chi connectivity index (χ3v) is 5.08. The van der Waals surface area contributed by atoms with E-state index >= 15 is 0 Å². The Hall–Kier alpha value is -1.84. The highest BCUT2D eigenvalue weighted by Crippen LogP contribution is 2.49. The van der Waals surface area contributed by atoms with E-state index in [9.17, 15) is 9.59 Å². The second-order valence-corrected chi connectivity index (χ2v) is 6.98. The van der Waals surface area contributed by atoms with E-state index in [4.69, 9.17) is 5.11 Å². The van der Waals surface area contributed by atoms with Gasteiger partial charge in [-0.05, 0) is 51.5 Å². The lowest BCUT2D eigenvalue weighted by Crippen LogP contribution is -2.40. The number of aliphatic carboxylic acids is 1. The number of rotatable bonds is 4. The van der Waals surface area contributed by atoms with Gasteiger partial charge in [-0.25, -0.2) is 0 Å². The fourth-order valence-corrected chi connectivity index (χ4v) is 3.68. The number of amides is 1. The van der Waals surface area contributed by atoms with E-state index in [1.165, 1.54) is 11.1 Å². The van der Waals surface area contributed by atoms with Gasteiger partial charge in [0.1, 0.15) is 0 Å². The van der Waals surface area contributed by atoms with Crippen molar-refractivity contribution in [3.8, 4) is 0 Å². The monoisotopic (exact) mass is 301 g/mol. The maximum absolute atomic E-state index is 12.7. The molecule has 0 unspecified atom stereocenters. The van der Waals surface area contributed by atoms with Crippen molar-refractivity contribution >= 4 is 11.9 Å². The third-order valence-electron chi connectivity index (χ3n) is 5.08. The van der Waals surface area contributed by atoms with Gasteiger partial charge < -0.3 is 10.4 Å². The van der Waals surface area contributed by atoms with Crippen LogP contribution in [0, 0.1) is 19.8 Å². The zero-order valence-corrected chi connectivity index (χ0v) is 13.2. The molecule has 0 aliphatic heterocycles. The van der Waals surface area contributed by atoms with E-state index < -0.39 is 5.97 Å². The van der Waals surface area contributed by atoms with Gasteiger partial charge in [-0.2, -0.15) is 0 Å². The first-order chi connectivity index (χ1) is 10.4. The van der Waals surface area contributed by atoms with Crippen molar-refractivity contribution < 1.29 is 14.7 Å². The summed E-state index contributed by atoms with van der Waals surface area (Å²) in [4.78, 5) is 23.8. The summed E-state index contributed by atoms with van der Waals surface area (Å²) in [6.45, 7) is 4.11. The summed E-state index contributed by atoms with van der Waals surface area (Å²) in [6, 6.07) is 6.34. The Morgan fingerprint density at radius 3 is 2.27 bits per heavy atom. The number of carbonyl (C=O) groups excluding carboxylic acids is 1. The van der Waals surface area contributed by atoms with Crippen LogP contribution in [-0.2, 0) is 15.0 Å². The van der Waals surface area contributed by atoms with Crippen LogP contribution in [-0.4, -0.2) is 23.0 Å². The Balaban J connectivity index is 1.71. The van der Waals surface area contributed by atoms with E-state index in [0.29, 0.717) is 12.8 Å². The molecule has 4 nitrogen and oxygen atoms in total. The predicted molar refractivity (Wildman–Crippen MR) is 83.7 cm³/mol. The molecule has 2 saturated carbocycles. The van der Waals surface area contributed by atoms with E-state index in [1.807, 2.05) is 0 Å². The quantitative estimate of drug-likeness (QED) is 0.898. The van der Waals surface area contributed by atoms with Crippen LogP contribution in [0.5, 0.6) is 0 Å². The molecule has 0 bridgehead atoms. The topological polar surface area (TPSA) is 66.4 Å². The lowest BCUT2D eigenvalue weighted by atomic mass is 9.91. The Bertz CT molecular complexity index is 599. The van der Waals surface area contributed by atoms with E-state index in [1.54, 1.807) is 0 Å². The second-order valence-electron chi connectivity index (χ2n) is 6.98. The first kappa shape index (κ1) is 15.1. The molecule has 2 fully saturated rings. The van der Waals surface area contributed by atoms with Crippen molar-refractivity contribution in [3.63, 3.8) is 0 Å². The lowest BCUT2D eigenvalue weighted by Gasteiger charge is -2.20. The zero-order chi connectivity index (χ0) is 15.9. The highest BCUT2D eigenvalue weighted by molar-refractivity contribution is 5.91. The van der Waals surface area contributed by atoms with Gasteiger partial charge in [0.2, 0.25) is 5.91 Å². The Morgan fingerprint density at radius 1 is 1.14 bits per heavy atom. The fourth-order valence-electron chi connectivity index (χ4n) is 3.68. The van der Waals surface area contributed by atoms with Gasteiger partial charge in [-0.15, -0.1) is 0 Å². The molecule has 2 atom stereocenters. The molecule has 0 saturated heterocycles. The molecule has 118 valence electrons. The van der Waals surface area contributed by atoms with Crippen LogP contribution in [0.4, 0.5) is 0 Å². The first-order valence-corrected chi connectivity index (χ1v) is 8.03. The van der Waals surface area contributed by atoms with Crippen LogP contribution < -0.4 is 5.32 Å². The van der Waals surface area contributed by atoms with Crippen LogP contribution in [0.1, 0.15) is 48.8 Å². The minimum atomic E-state index is -0.743. The Kier molecular flexibility index (Phi) is 3.71. The summed E-state index contributed by atoms with van der Waals surface area (Å²) in [6.07, 6.45) is 3.76. The zero-order valence-electron chi connectivity index (χ0n) is 13.2. The molecule has 1 aromatic carbocycles. The van der Waals surface area contributed by atoms with Crippen molar-refractivity contribution in [2.75, 3.05) is 0 Å². The maximum atomic E-state index is 12.7.